The third kappa shape index (κ3) is 3.55. The van der Waals surface area contributed by atoms with Crippen molar-refractivity contribution >= 4 is 46.5 Å². The summed E-state index contributed by atoms with van der Waals surface area (Å²) in [6.45, 7) is 5.10. The molecule has 0 saturated carbocycles. The second-order valence-electron chi connectivity index (χ2n) is 3.13. The van der Waals surface area contributed by atoms with Gasteiger partial charge in [-0.05, 0) is 37.3 Å². The van der Waals surface area contributed by atoms with Crippen LogP contribution in [0.5, 0.6) is 0 Å². The number of fused-ring (bicyclic) bond motifs is 1. The molecule has 17 heavy (non-hydrogen) atoms. The molecular weight excluding hydrogens is 257 g/mol. The van der Waals surface area contributed by atoms with Crippen molar-refractivity contribution in [2.75, 3.05) is 0 Å². The Balaban J connectivity index is 0.000000437. The summed E-state index contributed by atoms with van der Waals surface area (Å²) >= 11 is 11.9. The van der Waals surface area contributed by atoms with Crippen molar-refractivity contribution in [2.45, 2.75) is 6.92 Å². The Labute approximate surface area is 110 Å². The molecule has 0 bridgehead atoms. The van der Waals surface area contributed by atoms with Gasteiger partial charge in [-0.3, -0.25) is 0 Å². The van der Waals surface area contributed by atoms with E-state index in [-0.39, 0.29) is 0 Å². The molecule has 1 aromatic heterocycles. The van der Waals surface area contributed by atoms with Gasteiger partial charge in [0.25, 0.3) is 0 Å². The molecule has 2 nitrogen and oxygen atoms in total. The smallest absolute Gasteiger partial charge is 0.116 e. The second kappa shape index (κ2) is 6.38. The van der Waals surface area contributed by atoms with E-state index in [0.717, 1.165) is 22.9 Å². The van der Waals surface area contributed by atoms with E-state index >= 15 is 0 Å². The zero-order valence-electron chi connectivity index (χ0n) is 9.28. The summed E-state index contributed by atoms with van der Waals surface area (Å²) < 4.78 is 0. The minimum Gasteiger partial charge on any atom is -0.304 e. The Morgan fingerprint density at radius 2 is 1.94 bits per heavy atom. The summed E-state index contributed by atoms with van der Waals surface area (Å²) in [5, 5.41) is 2.12. The van der Waals surface area contributed by atoms with Crippen LogP contribution in [-0.2, 0) is 4.79 Å². The van der Waals surface area contributed by atoms with Gasteiger partial charge in [-0.2, -0.15) is 0 Å². The standard InChI is InChI=1S/C11H7Cl2N.C2H4O/c1-2-8-3-4-9-10(13)5-7(12)6-11(9)14-8;1-2-3/h2-6H,1H2;2H,1H3. The molecule has 0 spiro atoms. The Bertz CT molecular complexity index is 552. The minimum absolute atomic E-state index is 0.594. The summed E-state index contributed by atoms with van der Waals surface area (Å²) in [5.74, 6) is 0. The van der Waals surface area contributed by atoms with Crippen LogP contribution in [0.1, 0.15) is 12.6 Å². The quantitative estimate of drug-likeness (QED) is 0.718. The molecule has 0 aliphatic rings. The molecule has 2 rings (SSSR count). The average Bonchev–Trinajstić information content (AvgIpc) is 2.29. The van der Waals surface area contributed by atoms with Crippen LogP contribution in [0, 0.1) is 0 Å². The highest BCUT2D eigenvalue weighted by molar-refractivity contribution is 6.38. The van der Waals surface area contributed by atoms with E-state index in [4.69, 9.17) is 28.0 Å². The van der Waals surface area contributed by atoms with E-state index in [0.29, 0.717) is 10.0 Å². The fourth-order valence-electron chi connectivity index (χ4n) is 1.29. The maximum absolute atomic E-state index is 8.81. The van der Waals surface area contributed by atoms with Gasteiger partial charge in [0.2, 0.25) is 0 Å². The molecule has 0 radical (unpaired) electrons. The van der Waals surface area contributed by atoms with Gasteiger partial charge >= 0.3 is 0 Å². The second-order valence-corrected chi connectivity index (χ2v) is 3.97. The Morgan fingerprint density at radius 3 is 2.53 bits per heavy atom. The van der Waals surface area contributed by atoms with Gasteiger partial charge < -0.3 is 4.79 Å². The van der Waals surface area contributed by atoms with E-state index in [1.54, 1.807) is 18.2 Å². The predicted molar refractivity (Wildman–Crippen MR) is 73.6 cm³/mol. The number of pyridine rings is 1. The lowest BCUT2D eigenvalue weighted by molar-refractivity contribution is -0.106. The summed E-state index contributed by atoms with van der Waals surface area (Å²) in [5.41, 5.74) is 1.61. The molecule has 0 aliphatic heterocycles. The monoisotopic (exact) mass is 267 g/mol. The number of benzene rings is 1. The predicted octanol–water partition coefficient (Wildman–Crippen LogP) is 4.39. The van der Waals surface area contributed by atoms with E-state index < -0.39 is 0 Å². The maximum atomic E-state index is 8.81. The normalized spacial score (nSPS) is 9.35. The summed E-state index contributed by atoms with van der Waals surface area (Å²) in [6.07, 6.45) is 2.44. The zero-order chi connectivity index (χ0) is 12.8. The van der Waals surface area contributed by atoms with Crippen LogP contribution >= 0.6 is 23.2 Å². The third-order valence-electron chi connectivity index (χ3n) is 1.95. The zero-order valence-corrected chi connectivity index (χ0v) is 10.8. The molecule has 0 aliphatic carbocycles. The molecule has 1 aromatic carbocycles. The Kier molecular flexibility index (Phi) is 5.13. The molecule has 0 atom stereocenters. The van der Waals surface area contributed by atoms with Gasteiger partial charge in [0, 0.05) is 10.4 Å². The van der Waals surface area contributed by atoms with Crippen LogP contribution in [-0.4, -0.2) is 11.3 Å². The molecule has 0 N–H and O–H groups in total. The van der Waals surface area contributed by atoms with Crippen LogP contribution in [0.4, 0.5) is 0 Å². The summed E-state index contributed by atoms with van der Waals surface area (Å²) in [7, 11) is 0. The van der Waals surface area contributed by atoms with Gasteiger partial charge in [-0.1, -0.05) is 29.8 Å². The molecule has 0 fully saturated rings. The van der Waals surface area contributed by atoms with Crippen molar-refractivity contribution in [3.05, 3.63) is 46.6 Å². The molecule has 88 valence electrons. The molecule has 0 amide bonds. The summed E-state index contributed by atoms with van der Waals surface area (Å²) in [6, 6.07) is 7.28. The molecule has 2 aromatic rings. The fourth-order valence-corrected chi connectivity index (χ4v) is 1.83. The highest BCUT2D eigenvalue weighted by Gasteiger charge is 2.02. The van der Waals surface area contributed by atoms with E-state index in [2.05, 4.69) is 11.6 Å². The molecule has 0 unspecified atom stereocenters. The fraction of sp³-hybridized carbons (Fsp3) is 0.0769. The lowest BCUT2D eigenvalue weighted by atomic mass is 10.2. The van der Waals surface area contributed by atoms with Crippen molar-refractivity contribution in [3.63, 3.8) is 0 Å². The van der Waals surface area contributed by atoms with Crippen molar-refractivity contribution in [1.82, 2.24) is 4.98 Å². The Hall–Kier alpha value is -1.38. The van der Waals surface area contributed by atoms with E-state index in [1.165, 1.54) is 6.92 Å². The first-order chi connectivity index (χ1) is 8.12. The number of nitrogens with zero attached hydrogens (tertiary/aromatic N) is 1. The summed E-state index contributed by atoms with van der Waals surface area (Å²) in [4.78, 5) is 13.1. The first-order valence-corrected chi connectivity index (χ1v) is 5.66. The molecule has 1 heterocycles. The van der Waals surface area contributed by atoms with Crippen LogP contribution in [0.25, 0.3) is 17.0 Å². The first kappa shape index (κ1) is 13.7. The van der Waals surface area contributed by atoms with Gasteiger partial charge in [-0.15, -0.1) is 0 Å². The van der Waals surface area contributed by atoms with Gasteiger partial charge in [0.05, 0.1) is 16.2 Å². The number of aldehydes is 1. The van der Waals surface area contributed by atoms with Crippen LogP contribution < -0.4 is 0 Å². The molecular formula is C13H11Cl2NO. The van der Waals surface area contributed by atoms with Gasteiger partial charge in [-0.25, -0.2) is 4.98 Å². The minimum atomic E-state index is 0.594. The number of carbonyl (C=O) groups is 1. The SMILES string of the molecule is C=Cc1ccc2c(Cl)cc(Cl)cc2n1.CC=O. The lowest BCUT2D eigenvalue weighted by Crippen LogP contribution is -1.83. The number of rotatable bonds is 1. The maximum Gasteiger partial charge on any atom is 0.116 e. The number of hydrogen-bond acceptors (Lipinski definition) is 2. The van der Waals surface area contributed by atoms with Crippen molar-refractivity contribution in [1.29, 1.82) is 0 Å². The lowest BCUT2D eigenvalue weighted by Gasteiger charge is -2.01. The highest BCUT2D eigenvalue weighted by Crippen LogP contribution is 2.26. The Morgan fingerprint density at radius 1 is 1.29 bits per heavy atom. The van der Waals surface area contributed by atoms with Crippen LogP contribution in [0.3, 0.4) is 0 Å². The first-order valence-electron chi connectivity index (χ1n) is 4.90. The van der Waals surface area contributed by atoms with Crippen LogP contribution in [0.2, 0.25) is 10.0 Å². The van der Waals surface area contributed by atoms with Crippen LogP contribution in [0.15, 0.2) is 30.8 Å². The van der Waals surface area contributed by atoms with Crippen molar-refractivity contribution in [3.8, 4) is 0 Å². The topological polar surface area (TPSA) is 30.0 Å². The number of aromatic nitrogens is 1. The average molecular weight is 268 g/mol. The van der Waals surface area contributed by atoms with E-state index in [1.807, 2.05) is 12.1 Å². The highest BCUT2D eigenvalue weighted by atomic mass is 35.5. The molecule has 4 heteroatoms. The molecule has 0 saturated heterocycles. The largest absolute Gasteiger partial charge is 0.304 e. The number of hydrogen-bond donors (Lipinski definition) is 0. The third-order valence-corrected chi connectivity index (χ3v) is 2.48. The number of halogens is 2. The van der Waals surface area contributed by atoms with Crippen molar-refractivity contribution in [2.24, 2.45) is 0 Å². The van der Waals surface area contributed by atoms with Gasteiger partial charge in [0.15, 0.2) is 0 Å². The van der Waals surface area contributed by atoms with Crippen molar-refractivity contribution < 1.29 is 4.79 Å². The number of carbonyl (C=O) groups excluding carboxylic acids is 1. The van der Waals surface area contributed by atoms with Gasteiger partial charge in [0.1, 0.15) is 6.29 Å². The van der Waals surface area contributed by atoms with E-state index in [9.17, 15) is 0 Å².